The Morgan fingerprint density at radius 3 is 3.05 bits per heavy atom. The van der Waals surface area contributed by atoms with E-state index in [4.69, 9.17) is 21.1 Å². The Labute approximate surface area is 113 Å². The molecule has 0 spiro atoms. The van der Waals surface area contributed by atoms with Crippen LogP contribution in [0.3, 0.4) is 0 Å². The minimum absolute atomic E-state index is 0.0177. The maximum Gasteiger partial charge on any atom is 0.351 e. The molecular formula is C10H14N6O4. The number of nitrogens with two attached hydrogens (primary N) is 1. The van der Waals surface area contributed by atoms with Gasteiger partial charge >= 0.3 is 5.69 Å². The van der Waals surface area contributed by atoms with Gasteiger partial charge in [0.05, 0.1) is 19.3 Å². The zero-order chi connectivity index (χ0) is 14.7. The van der Waals surface area contributed by atoms with Gasteiger partial charge in [-0.1, -0.05) is 5.11 Å². The standard InChI is InChI=1S/C10H14N6O4/c11-9-5(2-13-15-12)3-16(10(19)14-9)8-1-6(18)7(4-17)20-8/h3,6-8,17-18H,1-2,4H2,(H2,11,14,19)/t6-,7+,8+/m0/s1. The van der Waals surface area contributed by atoms with Gasteiger partial charge in [0.15, 0.2) is 0 Å². The summed E-state index contributed by atoms with van der Waals surface area (Å²) >= 11 is 0. The summed E-state index contributed by atoms with van der Waals surface area (Å²) in [6.07, 6.45) is -0.818. The summed E-state index contributed by atoms with van der Waals surface area (Å²) in [5.41, 5.74) is 13.6. The minimum atomic E-state index is -0.866. The fourth-order valence-electron chi connectivity index (χ4n) is 2.01. The number of aliphatic hydroxyl groups excluding tert-OH is 2. The van der Waals surface area contributed by atoms with Crippen LogP contribution in [-0.2, 0) is 11.3 Å². The van der Waals surface area contributed by atoms with E-state index in [0.717, 1.165) is 4.57 Å². The van der Waals surface area contributed by atoms with Crippen molar-refractivity contribution in [3.63, 3.8) is 0 Å². The summed E-state index contributed by atoms with van der Waals surface area (Å²) in [7, 11) is 0. The molecule has 1 aliphatic heterocycles. The number of ether oxygens (including phenoxy) is 1. The largest absolute Gasteiger partial charge is 0.394 e. The van der Waals surface area contributed by atoms with Crippen molar-refractivity contribution in [2.45, 2.75) is 31.4 Å². The van der Waals surface area contributed by atoms with Gasteiger partial charge in [-0.3, -0.25) is 4.57 Å². The fourth-order valence-corrected chi connectivity index (χ4v) is 2.01. The first-order chi connectivity index (χ1) is 9.56. The molecule has 108 valence electrons. The number of aromatic nitrogens is 2. The molecule has 0 aromatic carbocycles. The van der Waals surface area contributed by atoms with Crippen LogP contribution in [0.25, 0.3) is 10.4 Å². The van der Waals surface area contributed by atoms with Crippen LogP contribution < -0.4 is 11.4 Å². The highest BCUT2D eigenvalue weighted by Gasteiger charge is 2.35. The van der Waals surface area contributed by atoms with E-state index in [1.165, 1.54) is 6.20 Å². The van der Waals surface area contributed by atoms with Crippen molar-refractivity contribution in [3.8, 4) is 0 Å². The van der Waals surface area contributed by atoms with E-state index >= 15 is 0 Å². The van der Waals surface area contributed by atoms with E-state index in [9.17, 15) is 9.90 Å². The summed E-state index contributed by atoms with van der Waals surface area (Å²) in [5, 5.41) is 22.0. The zero-order valence-corrected chi connectivity index (χ0v) is 10.5. The number of rotatable bonds is 4. The minimum Gasteiger partial charge on any atom is -0.394 e. The summed E-state index contributed by atoms with van der Waals surface area (Å²) in [6, 6.07) is 0. The second kappa shape index (κ2) is 5.88. The van der Waals surface area contributed by atoms with E-state index in [1.807, 2.05) is 0 Å². The van der Waals surface area contributed by atoms with Crippen molar-refractivity contribution < 1.29 is 14.9 Å². The number of hydrogen-bond donors (Lipinski definition) is 3. The molecule has 1 aromatic heterocycles. The zero-order valence-electron chi connectivity index (χ0n) is 10.5. The van der Waals surface area contributed by atoms with Gasteiger partial charge in [-0.2, -0.15) is 4.98 Å². The predicted molar refractivity (Wildman–Crippen MR) is 67.4 cm³/mol. The first-order valence-corrected chi connectivity index (χ1v) is 5.89. The van der Waals surface area contributed by atoms with Gasteiger partial charge in [0, 0.05) is 23.1 Å². The summed E-state index contributed by atoms with van der Waals surface area (Å²) in [5.74, 6) is -0.0177. The Morgan fingerprint density at radius 1 is 1.70 bits per heavy atom. The number of anilines is 1. The van der Waals surface area contributed by atoms with Crippen LogP contribution in [0, 0.1) is 0 Å². The molecule has 1 aromatic rings. The van der Waals surface area contributed by atoms with Crippen LogP contribution >= 0.6 is 0 Å². The first kappa shape index (κ1) is 14.3. The van der Waals surface area contributed by atoms with Crippen LogP contribution in [-0.4, -0.2) is 38.6 Å². The van der Waals surface area contributed by atoms with Crippen molar-refractivity contribution in [2.75, 3.05) is 12.3 Å². The topological polar surface area (TPSA) is 159 Å². The number of nitrogens with zero attached hydrogens (tertiary/aromatic N) is 5. The highest BCUT2D eigenvalue weighted by atomic mass is 16.5. The molecule has 3 atom stereocenters. The monoisotopic (exact) mass is 282 g/mol. The summed E-state index contributed by atoms with van der Waals surface area (Å²) in [6.45, 7) is -0.394. The molecule has 0 amide bonds. The smallest absolute Gasteiger partial charge is 0.351 e. The van der Waals surface area contributed by atoms with Gasteiger partial charge in [-0.15, -0.1) is 0 Å². The molecular weight excluding hydrogens is 268 g/mol. The van der Waals surface area contributed by atoms with Crippen LogP contribution in [0.1, 0.15) is 18.2 Å². The molecule has 0 saturated carbocycles. The Hall–Kier alpha value is -2.13. The molecule has 2 rings (SSSR count). The van der Waals surface area contributed by atoms with Crippen LogP contribution in [0.5, 0.6) is 0 Å². The molecule has 0 radical (unpaired) electrons. The highest BCUT2D eigenvalue weighted by Crippen LogP contribution is 2.27. The molecule has 0 aliphatic carbocycles. The van der Waals surface area contributed by atoms with Crippen molar-refractivity contribution in [1.29, 1.82) is 0 Å². The Kier molecular flexibility index (Phi) is 4.20. The van der Waals surface area contributed by atoms with Crippen LogP contribution in [0.4, 0.5) is 5.82 Å². The maximum atomic E-state index is 11.8. The lowest BCUT2D eigenvalue weighted by Gasteiger charge is -2.15. The van der Waals surface area contributed by atoms with E-state index < -0.39 is 24.1 Å². The third kappa shape index (κ3) is 2.73. The van der Waals surface area contributed by atoms with E-state index in [2.05, 4.69) is 15.0 Å². The van der Waals surface area contributed by atoms with Gasteiger partial charge < -0.3 is 20.7 Å². The molecule has 10 heteroatoms. The highest BCUT2D eigenvalue weighted by molar-refractivity contribution is 5.36. The van der Waals surface area contributed by atoms with Crippen LogP contribution in [0.2, 0.25) is 0 Å². The molecule has 1 fully saturated rings. The normalized spacial score (nSPS) is 25.4. The molecule has 0 unspecified atom stereocenters. The predicted octanol–water partition coefficient (Wildman–Crippen LogP) is -0.724. The van der Waals surface area contributed by atoms with E-state index in [1.54, 1.807) is 0 Å². The molecule has 1 saturated heterocycles. The molecule has 20 heavy (non-hydrogen) atoms. The van der Waals surface area contributed by atoms with Gasteiger partial charge in [-0.05, 0) is 5.53 Å². The molecule has 0 bridgehead atoms. The van der Waals surface area contributed by atoms with E-state index in [0.29, 0.717) is 5.56 Å². The summed E-state index contributed by atoms with van der Waals surface area (Å²) < 4.78 is 6.53. The molecule has 2 heterocycles. The molecule has 10 nitrogen and oxygen atoms in total. The lowest BCUT2D eigenvalue weighted by molar-refractivity contribution is -0.0459. The number of nitrogen functional groups attached to an aromatic ring is 1. The van der Waals surface area contributed by atoms with Crippen molar-refractivity contribution in [1.82, 2.24) is 9.55 Å². The van der Waals surface area contributed by atoms with Crippen molar-refractivity contribution in [3.05, 3.63) is 32.7 Å². The lowest BCUT2D eigenvalue weighted by atomic mass is 10.2. The summed E-state index contributed by atoms with van der Waals surface area (Å²) in [4.78, 5) is 18.0. The second-order valence-corrected chi connectivity index (χ2v) is 4.35. The third-order valence-corrected chi connectivity index (χ3v) is 3.06. The SMILES string of the molecule is [N-]=[N+]=NCc1cn([C@H]2C[C@H](O)[C@@H](CO)O2)c(=O)nc1N. The van der Waals surface area contributed by atoms with Crippen molar-refractivity contribution >= 4 is 5.82 Å². The van der Waals surface area contributed by atoms with Crippen molar-refractivity contribution in [2.24, 2.45) is 5.11 Å². The Bertz CT molecular complexity index is 596. The average Bonchev–Trinajstić information content (AvgIpc) is 2.79. The molecule has 1 aliphatic rings. The van der Waals surface area contributed by atoms with Gasteiger partial charge in [0.1, 0.15) is 18.1 Å². The van der Waals surface area contributed by atoms with Crippen LogP contribution in [0.15, 0.2) is 16.1 Å². The number of hydrogen-bond acceptors (Lipinski definition) is 7. The van der Waals surface area contributed by atoms with Gasteiger partial charge in [0.2, 0.25) is 0 Å². The quantitative estimate of drug-likeness (QED) is 0.375. The third-order valence-electron chi connectivity index (χ3n) is 3.06. The second-order valence-electron chi connectivity index (χ2n) is 4.35. The maximum absolute atomic E-state index is 11.8. The average molecular weight is 282 g/mol. The van der Waals surface area contributed by atoms with Gasteiger partial charge in [0.25, 0.3) is 0 Å². The Balaban J connectivity index is 2.32. The fraction of sp³-hybridized carbons (Fsp3) is 0.600. The van der Waals surface area contributed by atoms with Gasteiger partial charge in [-0.25, -0.2) is 4.79 Å². The van der Waals surface area contributed by atoms with E-state index in [-0.39, 0.29) is 25.4 Å². The Morgan fingerprint density at radius 2 is 2.45 bits per heavy atom. The first-order valence-electron chi connectivity index (χ1n) is 5.89. The number of aliphatic hydroxyl groups is 2. The number of azide groups is 1. The molecule has 4 N–H and O–H groups in total. The lowest BCUT2D eigenvalue weighted by Crippen LogP contribution is -2.29.